The van der Waals surface area contributed by atoms with Crippen LogP contribution >= 0.6 is 0 Å². The maximum Gasteiger partial charge on any atom is 0.378 e. The van der Waals surface area contributed by atoms with Crippen LogP contribution in [0.2, 0.25) is 0 Å². The second-order valence-electron chi connectivity index (χ2n) is 3.87. The summed E-state index contributed by atoms with van der Waals surface area (Å²) < 4.78 is 25.7. The number of rotatable bonds is 3. The van der Waals surface area contributed by atoms with Crippen molar-refractivity contribution in [1.29, 1.82) is 0 Å². The summed E-state index contributed by atoms with van der Waals surface area (Å²) in [6.07, 6.45) is 1.50. The first-order valence-corrected chi connectivity index (χ1v) is 5.28. The lowest BCUT2D eigenvalue weighted by atomic mass is 10.1. The van der Waals surface area contributed by atoms with Gasteiger partial charge in [-0.2, -0.15) is 8.78 Å². The van der Waals surface area contributed by atoms with Crippen LogP contribution in [0.25, 0.3) is 16.8 Å². The number of benzene rings is 2. The highest BCUT2D eigenvalue weighted by Crippen LogP contribution is 2.20. The van der Waals surface area contributed by atoms with Crippen molar-refractivity contribution >= 4 is 22.8 Å². The predicted molar refractivity (Wildman–Crippen MR) is 65.6 cm³/mol. The van der Waals surface area contributed by atoms with Crippen LogP contribution in [0.15, 0.2) is 48.5 Å². The number of halogens is 2. The van der Waals surface area contributed by atoms with E-state index in [0.717, 1.165) is 16.8 Å². The highest BCUT2D eigenvalue weighted by atomic mass is 19.3. The van der Waals surface area contributed by atoms with Crippen LogP contribution < -0.4 is 0 Å². The van der Waals surface area contributed by atoms with Crippen molar-refractivity contribution in [3.63, 3.8) is 0 Å². The van der Waals surface area contributed by atoms with E-state index in [0.29, 0.717) is 11.6 Å². The molecule has 0 bridgehead atoms. The van der Waals surface area contributed by atoms with Gasteiger partial charge in [-0.3, -0.25) is 0 Å². The van der Waals surface area contributed by atoms with Crippen LogP contribution in [0.4, 0.5) is 8.78 Å². The maximum absolute atomic E-state index is 12.9. The van der Waals surface area contributed by atoms with Crippen molar-refractivity contribution in [2.24, 2.45) is 0 Å². The van der Waals surface area contributed by atoms with Gasteiger partial charge >= 0.3 is 11.9 Å². The smallest absolute Gasteiger partial charge is 0.378 e. The Bertz CT molecular complexity index is 618. The third kappa shape index (κ3) is 2.53. The van der Waals surface area contributed by atoms with Crippen LogP contribution in [-0.4, -0.2) is 17.0 Å². The summed E-state index contributed by atoms with van der Waals surface area (Å²) in [6, 6.07) is 12.7. The van der Waals surface area contributed by atoms with Crippen LogP contribution in [0.5, 0.6) is 0 Å². The number of aliphatic carboxylic acids is 1. The Hall–Kier alpha value is -2.23. The normalized spacial score (nSPS) is 12.1. The fourth-order valence-electron chi connectivity index (χ4n) is 1.58. The molecule has 2 nitrogen and oxygen atoms in total. The monoisotopic (exact) mass is 248 g/mol. The molecule has 18 heavy (non-hydrogen) atoms. The van der Waals surface area contributed by atoms with Crippen molar-refractivity contribution in [2.45, 2.75) is 5.92 Å². The lowest BCUT2D eigenvalue weighted by Crippen LogP contribution is -2.24. The van der Waals surface area contributed by atoms with Crippen LogP contribution in [0.3, 0.4) is 0 Å². The molecule has 92 valence electrons. The molecule has 0 unspecified atom stereocenters. The maximum atomic E-state index is 12.9. The fourth-order valence-corrected chi connectivity index (χ4v) is 1.58. The average Bonchev–Trinajstić information content (AvgIpc) is 2.36. The summed E-state index contributed by atoms with van der Waals surface area (Å²) in [4.78, 5) is 10.3. The van der Waals surface area contributed by atoms with Gasteiger partial charge in [-0.25, -0.2) is 4.79 Å². The van der Waals surface area contributed by atoms with Crippen molar-refractivity contribution in [3.8, 4) is 0 Å². The zero-order valence-corrected chi connectivity index (χ0v) is 9.31. The highest BCUT2D eigenvalue weighted by Gasteiger charge is 2.35. The molecule has 2 rings (SSSR count). The Morgan fingerprint density at radius 3 is 2.44 bits per heavy atom. The van der Waals surface area contributed by atoms with E-state index in [1.54, 1.807) is 18.2 Å². The van der Waals surface area contributed by atoms with Gasteiger partial charge in [-0.15, -0.1) is 0 Å². The van der Waals surface area contributed by atoms with E-state index < -0.39 is 11.9 Å². The van der Waals surface area contributed by atoms with Crippen LogP contribution in [0, 0.1) is 0 Å². The highest BCUT2D eigenvalue weighted by molar-refractivity contribution is 5.85. The lowest BCUT2D eigenvalue weighted by molar-refractivity contribution is -0.157. The van der Waals surface area contributed by atoms with E-state index in [4.69, 9.17) is 5.11 Å². The molecule has 0 radical (unpaired) electrons. The number of carboxylic acid groups (broad SMARTS) is 1. The van der Waals surface area contributed by atoms with E-state index in [1.165, 1.54) is 0 Å². The topological polar surface area (TPSA) is 37.3 Å². The summed E-state index contributed by atoms with van der Waals surface area (Å²) in [5.74, 6) is -5.99. The van der Waals surface area contributed by atoms with Gasteiger partial charge in [0.1, 0.15) is 0 Å². The molecule has 0 amide bonds. The minimum absolute atomic E-state index is 0.388. The summed E-state index contributed by atoms with van der Waals surface area (Å²) in [7, 11) is 0. The van der Waals surface area contributed by atoms with Gasteiger partial charge in [0, 0.05) is 0 Å². The van der Waals surface area contributed by atoms with E-state index in [9.17, 15) is 13.6 Å². The zero-order chi connectivity index (χ0) is 13.2. The second-order valence-corrected chi connectivity index (χ2v) is 3.87. The summed E-state index contributed by atoms with van der Waals surface area (Å²) in [5.41, 5.74) is 0.537. The molecule has 0 aliphatic rings. The van der Waals surface area contributed by atoms with Gasteiger partial charge in [0.05, 0.1) is 0 Å². The van der Waals surface area contributed by atoms with Crippen LogP contribution in [0.1, 0.15) is 5.56 Å². The van der Waals surface area contributed by atoms with Gasteiger partial charge in [-0.05, 0) is 28.5 Å². The molecule has 0 heterocycles. The second kappa shape index (κ2) is 4.56. The number of carboxylic acids is 1. The van der Waals surface area contributed by atoms with E-state index in [1.807, 2.05) is 24.3 Å². The molecule has 1 N–H and O–H groups in total. The summed E-state index contributed by atoms with van der Waals surface area (Å²) in [5, 5.41) is 10.2. The first-order chi connectivity index (χ1) is 8.49. The van der Waals surface area contributed by atoms with Gasteiger partial charge in [0.2, 0.25) is 0 Å². The van der Waals surface area contributed by atoms with Crippen molar-refractivity contribution in [3.05, 3.63) is 54.1 Å². The molecule has 0 aliphatic heterocycles. The molecule has 2 aromatic rings. The van der Waals surface area contributed by atoms with Gasteiger partial charge in [0.25, 0.3) is 0 Å². The minimum atomic E-state index is -3.84. The minimum Gasteiger partial charge on any atom is -0.477 e. The Morgan fingerprint density at radius 1 is 1.11 bits per heavy atom. The third-order valence-corrected chi connectivity index (χ3v) is 2.54. The number of fused-ring (bicyclic) bond motifs is 1. The molecule has 0 saturated heterocycles. The molecule has 0 fully saturated rings. The standard InChI is InChI=1S/C14H10F2O2/c15-14(16,13(17)18)8-7-10-5-6-11-3-1-2-4-12(11)9-10/h1-9H,(H,17,18). The Labute approximate surface area is 102 Å². The van der Waals surface area contributed by atoms with Crippen molar-refractivity contribution in [1.82, 2.24) is 0 Å². The molecule has 0 spiro atoms. The SMILES string of the molecule is O=C(O)C(F)(F)C=Cc1ccc2ccccc2c1. The Kier molecular flexibility index (Phi) is 3.10. The fraction of sp³-hybridized carbons (Fsp3) is 0.0714. The summed E-state index contributed by atoms with van der Waals surface area (Å²) >= 11 is 0. The van der Waals surface area contributed by atoms with Crippen molar-refractivity contribution in [2.75, 3.05) is 0 Å². The number of hydrogen-bond donors (Lipinski definition) is 1. The Morgan fingerprint density at radius 2 is 1.78 bits per heavy atom. The zero-order valence-electron chi connectivity index (χ0n) is 9.31. The largest absolute Gasteiger partial charge is 0.477 e. The van der Waals surface area contributed by atoms with E-state index in [2.05, 4.69) is 0 Å². The van der Waals surface area contributed by atoms with E-state index in [-0.39, 0.29) is 0 Å². The molecule has 0 aromatic heterocycles. The van der Waals surface area contributed by atoms with E-state index >= 15 is 0 Å². The molecule has 4 heteroatoms. The van der Waals surface area contributed by atoms with Crippen LogP contribution in [-0.2, 0) is 4.79 Å². The van der Waals surface area contributed by atoms with Gasteiger partial charge in [0.15, 0.2) is 0 Å². The molecule has 0 aliphatic carbocycles. The quantitative estimate of drug-likeness (QED) is 0.901. The van der Waals surface area contributed by atoms with Crippen molar-refractivity contribution < 1.29 is 18.7 Å². The average molecular weight is 248 g/mol. The number of hydrogen-bond acceptors (Lipinski definition) is 1. The van der Waals surface area contributed by atoms with Gasteiger partial charge < -0.3 is 5.11 Å². The number of alkyl halides is 2. The molecule has 0 saturated carbocycles. The summed E-state index contributed by atoms with van der Waals surface area (Å²) in [6.45, 7) is 0. The third-order valence-electron chi connectivity index (χ3n) is 2.54. The lowest BCUT2D eigenvalue weighted by Gasteiger charge is -2.04. The Balaban J connectivity index is 2.33. The first-order valence-electron chi connectivity index (χ1n) is 5.28. The first kappa shape index (κ1) is 12.2. The molecule has 0 atom stereocenters. The molecular formula is C14H10F2O2. The van der Waals surface area contributed by atoms with Gasteiger partial charge in [-0.1, -0.05) is 42.5 Å². The predicted octanol–water partition coefficient (Wildman–Crippen LogP) is 3.57. The molecular weight excluding hydrogens is 238 g/mol. The number of carbonyl (C=O) groups is 1. The molecule has 2 aromatic carbocycles.